The zero-order chi connectivity index (χ0) is 23.0. The number of rotatable bonds is 8. The van der Waals surface area contributed by atoms with Crippen LogP contribution < -0.4 is 10.2 Å². The van der Waals surface area contributed by atoms with Gasteiger partial charge in [-0.2, -0.15) is 0 Å². The third-order valence-electron chi connectivity index (χ3n) is 5.25. The monoisotopic (exact) mass is 501 g/mol. The Morgan fingerprint density at radius 3 is 2.42 bits per heavy atom. The van der Waals surface area contributed by atoms with Crippen molar-refractivity contribution in [3.63, 3.8) is 0 Å². The van der Waals surface area contributed by atoms with E-state index >= 15 is 0 Å². The number of nitrogens with one attached hydrogen (secondary N) is 1. The average Bonchev–Trinajstić information content (AvgIpc) is 3.29. The highest BCUT2D eigenvalue weighted by Gasteiger charge is 2.22. The van der Waals surface area contributed by atoms with Crippen molar-refractivity contribution in [2.45, 2.75) is 22.9 Å². The van der Waals surface area contributed by atoms with Gasteiger partial charge >= 0.3 is 0 Å². The maximum absolute atomic E-state index is 12.5. The Bertz CT molecular complexity index is 1070. The standard InChI is InChI=1S/C23H24ClN5O2S2/c24-18-6-8-19(9-7-18)28-12-14-29(15-13-28)21(31)11-10-20(30)25-22-26-27-23(33-22)32-16-17-4-2-1-3-5-17/h1-9H,10-16H2,(H,25,26,30). The molecule has 0 unspecified atom stereocenters. The largest absolute Gasteiger partial charge is 0.368 e. The van der Waals surface area contributed by atoms with Gasteiger partial charge in [-0.1, -0.05) is 65.0 Å². The third-order valence-corrected chi connectivity index (χ3v) is 7.54. The molecule has 1 aliphatic rings. The molecule has 33 heavy (non-hydrogen) atoms. The molecule has 1 N–H and O–H groups in total. The second-order valence-electron chi connectivity index (χ2n) is 7.54. The molecule has 1 aliphatic heterocycles. The van der Waals surface area contributed by atoms with Crippen molar-refractivity contribution in [2.24, 2.45) is 0 Å². The minimum Gasteiger partial charge on any atom is -0.368 e. The van der Waals surface area contributed by atoms with Gasteiger partial charge in [0.05, 0.1) is 0 Å². The Kier molecular flexibility index (Phi) is 8.20. The minimum atomic E-state index is -0.223. The van der Waals surface area contributed by atoms with Crippen LogP contribution in [0.3, 0.4) is 0 Å². The van der Waals surface area contributed by atoms with E-state index < -0.39 is 0 Å². The Hall–Kier alpha value is -2.62. The summed E-state index contributed by atoms with van der Waals surface area (Å²) < 4.78 is 0.795. The topological polar surface area (TPSA) is 78.4 Å². The number of carbonyl (C=O) groups is 2. The van der Waals surface area contributed by atoms with E-state index in [4.69, 9.17) is 11.6 Å². The molecule has 1 aromatic heterocycles. The predicted octanol–water partition coefficient (Wildman–Crippen LogP) is 4.55. The highest BCUT2D eigenvalue weighted by molar-refractivity contribution is 8.00. The Morgan fingerprint density at radius 1 is 0.970 bits per heavy atom. The van der Waals surface area contributed by atoms with E-state index in [1.165, 1.54) is 16.9 Å². The van der Waals surface area contributed by atoms with Gasteiger partial charge < -0.3 is 15.1 Å². The van der Waals surface area contributed by atoms with Gasteiger partial charge in [-0.3, -0.25) is 9.59 Å². The van der Waals surface area contributed by atoms with E-state index in [1.54, 1.807) is 11.8 Å². The van der Waals surface area contributed by atoms with E-state index in [9.17, 15) is 9.59 Å². The van der Waals surface area contributed by atoms with Crippen molar-refractivity contribution in [1.29, 1.82) is 0 Å². The van der Waals surface area contributed by atoms with E-state index in [0.717, 1.165) is 28.9 Å². The summed E-state index contributed by atoms with van der Waals surface area (Å²) in [4.78, 5) is 28.9. The highest BCUT2D eigenvalue weighted by atomic mass is 35.5. The molecule has 2 amide bonds. The maximum Gasteiger partial charge on any atom is 0.226 e. The molecule has 2 aromatic carbocycles. The van der Waals surface area contributed by atoms with Gasteiger partial charge in [-0.25, -0.2) is 0 Å². The number of hydrogen-bond acceptors (Lipinski definition) is 7. The molecule has 3 aromatic rings. The number of carbonyl (C=O) groups excluding carboxylic acids is 2. The molecular weight excluding hydrogens is 478 g/mol. The van der Waals surface area contributed by atoms with Crippen molar-refractivity contribution < 1.29 is 9.59 Å². The Balaban J connectivity index is 1.17. The summed E-state index contributed by atoms with van der Waals surface area (Å²) in [7, 11) is 0. The van der Waals surface area contributed by atoms with Crippen molar-refractivity contribution >= 4 is 57.3 Å². The van der Waals surface area contributed by atoms with Crippen LogP contribution in [-0.4, -0.2) is 53.1 Å². The molecule has 0 aliphatic carbocycles. The van der Waals surface area contributed by atoms with Gasteiger partial charge in [0, 0.05) is 55.5 Å². The zero-order valence-corrected chi connectivity index (χ0v) is 20.3. The summed E-state index contributed by atoms with van der Waals surface area (Å²) in [6.07, 6.45) is 0.309. The Morgan fingerprint density at radius 2 is 1.70 bits per heavy atom. The first-order chi connectivity index (χ1) is 16.1. The molecule has 4 rings (SSSR count). The number of hydrogen-bond donors (Lipinski definition) is 1. The van der Waals surface area contributed by atoms with E-state index in [2.05, 4.69) is 32.5 Å². The SMILES string of the molecule is O=C(CCC(=O)N1CCN(c2ccc(Cl)cc2)CC1)Nc1nnc(SCc2ccccc2)s1. The summed E-state index contributed by atoms with van der Waals surface area (Å²) in [6, 6.07) is 17.8. The molecular formula is C23H24ClN5O2S2. The average molecular weight is 502 g/mol. The molecule has 0 bridgehead atoms. The number of aromatic nitrogens is 2. The van der Waals surface area contributed by atoms with Crippen LogP contribution in [0.25, 0.3) is 0 Å². The minimum absolute atomic E-state index is 0.00252. The smallest absolute Gasteiger partial charge is 0.226 e. The molecule has 172 valence electrons. The van der Waals surface area contributed by atoms with Crippen molar-refractivity contribution in [2.75, 3.05) is 36.4 Å². The Labute approximate surface area is 206 Å². The third kappa shape index (κ3) is 6.93. The molecule has 1 saturated heterocycles. The first-order valence-electron chi connectivity index (χ1n) is 10.7. The van der Waals surface area contributed by atoms with E-state index in [1.807, 2.05) is 47.4 Å². The first kappa shape index (κ1) is 23.5. The van der Waals surface area contributed by atoms with Crippen LogP contribution >= 0.6 is 34.7 Å². The van der Waals surface area contributed by atoms with Crippen molar-refractivity contribution in [3.8, 4) is 0 Å². The molecule has 0 spiro atoms. The number of nitrogens with zero attached hydrogens (tertiary/aromatic N) is 4. The fraction of sp³-hybridized carbons (Fsp3) is 0.304. The van der Waals surface area contributed by atoms with Crippen LogP contribution in [0.4, 0.5) is 10.8 Å². The molecule has 0 radical (unpaired) electrons. The van der Waals surface area contributed by atoms with Crippen LogP contribution in [0.1, 0.15) is 18.4 Å². The van der Waals surface area contributed by atoms with Crippen LogP contribution in [0, 0.1) is 0 Å². The van der Waals surface area contributed by atoms with Crippen LogP contribution in [0.15, 0.2) is 58.9 Å². The number of amides is 2. The molecule has 7 nitrogen and oxygen atoms in total. The zero-order valence-electron chi connectivity index (χ0n) is 17.9. The van der Waals surface area contributed by atoms with Gasteiger partial charge in [-0.05, 0) is 29.8 Å². The fourth-order valence-electron chi connectivity index (χ4n) is 3.46. The lowest BCUT2D eigenvalue weighted by molar-refractivity contribution is -0.133. The van der Waals surface area contributed by atoms with Crippen LogP contribution in [-0.2, 0) is 15.3 Å². The van der Waals surface area contributed by atoms with Gasteiger partial charge in [0.15, 0.2) is 4.34 Å². The molecule has 10 heteroatoms. The second-order valence-corrected chi connectivity index (χ2v) is 10.2. The molecule has 0 atom stereocenters. The predicted molar refractivity (Wildman–Crippen MR) is 134 cm³/mol. The molecule has 2 heterocycles. The lowest BCUT2D eigenvalue weighted by atomic mass is 10.2. The molecule has 1 fully saturated rings. The maximum atomic E-state index is 12.5. The summed E-state index contributed by atoms with van der Waals surface area (Å²) in [6.45, 7) is 2.80. The van der Waals surface area contributed by atoms with E-state index in [0.29, 0.717) is 23.2 Å². The summed E-state index contributed by atoms with van der Waals surface area (Å²) in [5, 5.41) is 12.1. The van der Waals surface area contributed by atoms with Crippen molar-refractivity contribution in [1.82, 2.24) is 15.1 Å². The van der Waals surface area contributed by atoms with Gasteiger partial charge in [0.1, 0.15) is 0 Å². The number of anilines is 2. The van der Waals surface area contributed by atoms with Gasteiger partial charge in [0.25, 0.3) is 0 Å². The van der Waals surface area contributed by atoms with Crippen LogP contribution in [0.5, 0.6) is 0 Å². The lowest BCUT2D eigenvalue weighted by Gasteiger charge is -2.36. The summed E-state index contributed by atoms with van der Waals surface area (Å²) in [5.41, 5.74) is 2.31. The normalized spacial score (nSPS) is 13.7. The quantitative estimate of drug-likeness (QED) is 0.360. The lowest BCUT2D eigenvalue weighted by Crippen LogP contribution is -2.48. The number of thioether (sulfide) groups is 1. The van der Waals surface area contributed by atoms with Gasteiger partial charge in [-0.15, -0.1) is 10.2 Å². The second kappa shape index (κ2) is 11.5. The molecule has 0 saturated carbocycles. The van der Waals surface area contributed by atoms with Crippen LogP contribution in [0.2, 0.25) is 5.02 Å². The first-order valence-corrected chi connectivity index (χ1v) is 12.8. The van der Waals surface area contributed by atoms with Gasteiger partial charge in [0.2, 0.25) is 16.9 Å². The van der Waals surface area contributed by atoms with Crippen molar-refractivity contribution in [3.05, 3.63) is 65.2 Å². The number of halogens is 1. The number of benzene rings is 2. The summed E-state index contributed by atoms with van der Waals surface area (Å²) >= 11 is 8.87. The fourth-order valence-corrected chi connectivity index (χ4v) is 5.31. The highest BCUT2D eigenvalue weighted by Crippen LogP contribution is 2.28. The van der Waals surface area contributed by atoms with E-state index in [-0.39, 0.29) is 24.7 Å². The number of piperazine rings is 1. The summed E-state index contributed by atoms with van der Waals surface area (Å²) in [5.74, 6) is 0.569.